The molecule has 13 heteroatoms. The number of carbonyl (C=O) groups is 1. The number of aliphatic carboxylic acids is 1. The number of alkyl halides is 3. The predicted octanol–water partition coefficient (Wildman–Crippen LogP) is 5.45. The van der Waals surface area contributed by atoms with Gasteiger partial charge in [-0.1, -0.05) is 11.6 Å². The van der Waals surface area contributed by atoms with E-state index in [0.29, 0.717) is 0 Å². The first-order chi connectivity index (χ1) is 16.1. The molecule has 4 rings (SSSR count). The summed E-state index contributed by atoms with van der Waals surface area (Å²) in [5, 5.41) is 14.5. The molecule has 0 spiro atoms. The maximum atomic E-state index is 15.3. The summed E-state index contributed by atoms with van der Waals surface area (Å²) in [7, 11) is 2.65. The molecule has 3 aromatic rings. The summed E-state index contributed by atoms with van der Waals surface area (Å²) in [5.74, 6) is -3.34. The fraction of sp³-hybridized carbons (Fsp3) is 0.286. The van der Waals surface area contributed by atoms with E-state index in [1.54, 1.807) is 0 Å². The number of methoxy groups -OCH3 is 2. The van der Waals surface area contributed by atoms with E-state index in [1.165, 1.54) is 38.5 Å². The molecule has 2 aromatic carbocycles. The molecule has 1 aromatic heterocycles. The standard InChI is InChI=1S/C21H16ClF4N3O4S/c1-32-13-6-4-11(23)16(17(13)33-2)18-10-7-9(22)3-5-12(10)29-19(14(34-18)8-15(30)31)27-28-20(29)21(24,25)26/h3-7,14,18H,8H2,1-2H3,(H,30,31). The third-order valence-corrected chi connectivity index (χ3v) is 6.90. The third-order valence-electron chi connectivity index (χ3n) is 5.20. The lowest BCUT2D eigenvalue weighted by atomic mass is 10.00. The van der Waals surface area contributed by atoms with Crippen LogP contribution in [0.2, 0.25) is 5.02 Å². The third kappa shape index (κ3) is 4.16. The molecule has 1 aliphatic heterocycles. The number of hydrogen-bond acceptors (Lipinski definition) is 6. The van der Waals surface area contributed by atoms with E-state index in [2.05, 4.69) is 10.2 Å². The first kappa shape index (κ1) is 24.1. The number of ether oxygens (including phenoxy) is 2. The molecule has 0 aliphatic carbocycles. The Morgan fingerprint density at radius 3 is 2.56 bits per heavy atom. The largest absolute Gasteiger partial charge is 0.493 e. The number of aromatic nitrogens is 3. The van der Waals surface area contributed by atoms with Crippen LogP contribution < -0.4 is 9.47 Å². The van der Waals surface area contributed by atoms with Gasteiger partial charge in [-0.05, 0) is 35.9 Å². The van der Waals surface area contributed by atoms with E-state index >= 15 is 4.39 Å². The molecule has 0 fully saturated rings. The number of nitrogens with zero attached hydrogens (tertiary/aromatic N) is 3. The maximum Gasteiger partial charge on any atom is 0.452 e. The van der Waals surface area contributed by atoms with Gasteiger partial charge in [0.15, 0.2) is 17.3 Å². The highest BCUT2D eigenvalue weighted by atomic mass is 35.5. The van der Waals surface area contributed by atoms with E-state index in [1.807, 2.05) is 0 Å². The Balaban J connectivity index is 2.07. The molecule has 7 nitrogen and oxygen atoms in total. The number of fused-ring (bicyclic) bond motifs is 3. The van der Waals surface area contributed by atoms with Crippen molar-refractivity contribution >= 4 is 29.3 Å². The van der Waals surface area contributed by atoms with E-state index in [-0.39, 0.29) is 39.2 Å². The monoisotopic (exact) mass is 517 g/mol. The normalized spacial score (nSPS) is 17.5. The van der Waals surface area contributed by atoms with Gasteiger partial charge in [0.2, 0.25) is 5.82 Å². The number of benzene rings is 2. The molecule has 0 radical (unpaired) electrons. The number of carboxylic acids is 1. The summed E-state index contributed by atoms with van der Waals surface area (Å²) in [6, 6.07) is 6.60. The van der Waals surface area contributed by atoms with Crippen LogP contribution in [0.3, 0.4) is 0 Å². The summed E-state index contributed by atoms with van der Waals surface area (Å²) in [6.07, 6.45) is -5.48. The van der Waals surface area contributed by atoms with Gasteiger partial charge in [-0.25, -0.2) is 4.39 Å². The van der Waals surface area contributed by atoms with Crippen LogP contribution in [0.25, 0.3) is 5.69 Å². The molecule has 34 heavy (non-hydrogen) atoms. The predicted molar refractivity (Wildman–Crippen MR) is 115 cm³/mol. The smallest absolute Gasteiger partial charge is 0.452 e. The van der Waals surface area contributed by atoms with Crippen molar-refractivity contribution in [2.24, 2.45) is 0 Å². The highest BCUT2D eigenvalue weighted by molar-refractivity contribution is 8.00. The summed E-state index contributed by atoms with van der Waals surface area (Å²) in [5.41, 5.74) is 0.159. The first-order valence-corrected chi connectivity index (χ1v) is 11.0. The van der Waals surface area contributed by atoms with E-state index in [4.69, 9.17) is 21.1 Å². The van der Waals surface area contributed by atoms with Crippen LogP contribution in [-0.4, -0.2) is 40.1 Å². The van der Waals surface area contributed by atoms with Crippen LogP contribution in [0, 0.1) is 5.82 Å². The van der Waals surface area contributed by atoms with Crippen molar-refractivity contribution in [3.05, 3.63) is 63.9 Å². The van der Waals surface area contributed by atoms with Gasteiger partial charge in [-0.15, -0.1) is 22.0 Å². The van der Waals surface area contributed by atoms with Crippen LogP contribution in [0.4, 0.5) is 17.6 Å². The highest BCUT2D eigenvalue weighted by Gasteiger charge is 2.44. The number of hydrogen-bond donors (Lipinski definition) is 1. The zero-order valence-electron chi connectivity index (χ0n) is 17.6. The molecular weight excluding hydrogens is 502 g/mol. The van der Waals surface area contributed by atoms with Crippen molar-refractivity contribution < 1.29 is 36.9 Å². The fourth-order valence-electron chi connectivity index (χ4n) is 3.86. The van der Waals surface area contributed by atoms with Crippen LogP contribution in [-0.2, 0) is 11.0 Å². The Kier molecular flexibility index (Phi) is 6.38. The van der Waals surface area contributed by atoms with Gasteiger partial charge in [0, 0.05) is 5.02 Å². The van der Waals surface area contributed by atoms with E-state index in [9.17, 15) is 23.1 Å². The van der Waals surface area contributed by atoms with Crippen LogP contribution in [0.5, 0.6) is 11.5 Å². The minimum Gasteiger partial charge on any atom is -0.493 e. The number of carboxylic acid groups (broad SMARTS) is 1. The van der Waals surface area contributed by atoms with E-state index in [0.717, 1.165) is 22.4 Å². The lowest BCUT2D eigenvalue weighted by Crippen LogP contribution is -2.16. The summed E-state index contributed by atoms with van der Waals surface area (Å²) in [4.78, 5) is 11.6. The van der Waals surface area contributed by atoms with Gasteiger partial charge in [-0.2, -0.15) is 13.2 Å². The Labute approximate surface area is 199 Å². The van der Waals surface area contributed by atoms with Gasteiger partial charge in [0.25, 0.3) is 0 Å². The van der Waals surface area contributed by atoms with Gasteiger partial charge < -0.3 is 14.6 Å². The second kappa shape index (κ2) is 8.99. The summed E-state index contributed by atoms with van der Waals surface area (Å²) < 4.78 is 68.2. The van der Waals surface area contributed by atoms with Crippen LogP contribution in [0.1, 0.15) is 39.7 Å². The molecule has 0 saturated heterocycles. The van der Waals surface area contributed by atoms with Gasteiger partial charge in [0.1, 0.15) is 5.82 Å². The number of thioether (sulfide) groups is 1. The molecule has 1 N–H and O–H groups in total. The Hall–Kier alpha value is -2.99. The molecule has 2 heterocycles. The van der Waals surface area contributed by atoms with Crippen molar-refractivity contribution in [1.82, 2.24) is 14.8 Å². The average molecular weight is 518 g/mol. The lowest BCUT2D eigenvalue weighted by molar-refractivity contribution is -0.146. The van der Waals surface area contributed by atoms with Gasteiger partial charge >= 0.3 is 12.1 Å². The Bertz CT molecular complexity index is 1270. The molecule has 1 aliphatic rings. The summed E-state index contributed by atoms with van der Waals surface area (Å²) in [6.45, 7) is 0. The molecular formula is C21H16ClF4N3O4S. The number of rotatable bonds is 5. The highest BCUT2D eigenvalue weighted by Crippen LogP contribution is 2.55. The average Bonchev–Trinajstić information content (AvgIpc) is 3.17. The zero-order chi connectivity index (χ0) is 24.8. The van der Waals surface area contributed by atoms with Crippen molar-refractivity contribution in [2.75, 3.05) is 14.2 Å². The minimum atomic E-state index is -4.89. The van der Waals surface area contributed by atoms with E-state index < -0.39 is 40.7 Å². The fourth-order valence-corrected chi connectivity index (χ4v) is 5.57. The van der Waals surface area contributed by atoms with Crippen LogP contribution >= 0.6 is 23.4 Å². The lowest BCUT2D eigenvalue weighted by Gasteiger charge is -2.24. The second-order valence-corrected chi connectivity index (χ2v) is 8.97. The topological polar surface area (TPSA) is 86.5 Å². The Morgan fingerprint density at radius 2 is 1.94 bits per heavy atom. The maximum absolute atomic E-state index is 15.3. The molecule has 180 valence electrons. The van der Waals surface area contributed by atoms with Crippen LogP contribution in [0.15, 0.2) is 30.3 Å². The SMILES string of the molecule is COc1ccc(F)c(C2SC(CC(=O)O)c3nnc(C(F)(F)F)n3-c3ccc(Cl)cc32)c1OC. The number of halogens is 5. The van der Waals surface area contributed by atoms with Crippen molar-refractivity contribution in [3.63, 3.8) is 0 Å². The zero-order valence-corrected chi connectivity index (χ0v) is 19.1. The Morgan fingerprint density at radius 1 is 1.21 bits per heavy atom. The minimum absolute atomic E-state index is 0.00798. The molecule has 0 saturated carbocycles. The van der Waals surface area contributed by atoms with Crippen molar-refractivity contribution in [3.8, 4) is 17.2 Å². The van der Waals surface area contributed by atoms with Gasteiger partial charge in [-0.3, -0.25) is 9.36 Å². The quantitative estimate of drug-likeness (QED) is 0.450. The summed E-state index contributed by atoms with van der Waals surface area (Å²) >= 11 is 7.10. The second-order valence-electron chi connectivity index (χ2n) is 7.22. The van der Waals surface area contributed by atoms with Crippen molar-refractivity contribution in [2.45, 2.75) is 23.1 Å². The molecule has 0 amide bonds. The van der Waals surface area contributed by atoms with Gasteiger partial charge in [0.05, 0.1) is 42.4 Å². The molecule has 2 unspecified atom stereocenters. The molecule has 0 bridgehead atoms. The molecule has 2 atom stereocenters. The van der Waals surface area contributed by atoms with Crippen molar-refractivity contribution in [1.29, 1.82) is 0 Å². The first-order valence-electron chi connectivity index (χ1n) is 9.66.